The van der Waals surface area contributed by atoms with Gasteiger partial charge in [0.15, 0.2) is 0 Å². The summed E-state index contributed by atoms with van der Waals surface area (Å²) in [5, 5.41) is 8.96. The van der Waals surface area contributed by atoms with Crippen LogP contribution in [0.3, 0.4) is 0 Å². The van der Waals surface area contributed by atoms with Crippen molar-refractivity contribution in [1.82, 2.24) is 0 Å². The molecule has 1 aromatic carbocycles. The minimum Gasteiger partial charge on any atom is -0.477 e. The van der Waals surface area contributed by atoms with E-state index < -0.39 is 5.97 Å². The molecule has 0 bridgehead atoms. The molecule has 1 N–H and O–H groups in total. The van der Waals surface area contributed by atoms with Crippen LogP contribution < -0.4 is 0 Å². The minimum absolute atomic E-state index is 0.139. The Balaban J connectivity index is 2.41. The maximum absolute atomic E-state index is 10.9. The highest BCUT2D eigenvalue weighted by Crippen LogP contribution is 2.26. The van der Waals surface area contributed by atoms with Gasteiger partial charge in [-0.05, 0) is 43.5 Å². The normalized spacial score (nSPS) is 15.2. The first-order valence-electron chi connectivity index (χ1n) is 6.28. The minimum atomic E-state index is -0.966. The molecule has 98 valence electrons. The highest BCUT2D eigenvalue weighted by atomic mass is 16.4. The summed E-state index contributed by atoms with van der Waals surface area (Å²) < 4.78 is 0. The summed E-state index contributed by atoms with van der Waals surface area (Å²) in [7, 11) is 0. The summed E-state index contributed by atoms with van der Waals surface area (Å²) >= 11 is 0. The number of benzene rings is 1. The van der Waals surface area contributed by atoms with E-state index >= 15 is 0 Å². The molecule has 1 aromatic rings. The summed E-state index contributed by atoms with van der Waals surface area (Å²) in [6.07, 6.45) is 4.24. The van der Waals surface area contributed by atoms with Gasteiger partial charge in [-0.25, -0.2) is 9.79 Å². The van der Waals surface area contributed by atoms with Crippen molar-refractivity contribution in [3.63, 3.8) is 0 Å². The van der Waals surface area contributed by atoms with Crippen molar-refractivity contribution in [2.45, 2.75) is 27.2 Å². The third kappa shape index (κ3) is 2.65. The number of carboxylic acids is 1. The molecular formula is C16H17NO2. The Labute approximate surface area is 113 Å². The number of aliphatic carboxylic acids is 1. The molecule has 1 heterocycles. The molecule has 19 heavy (non-hydrogen) atoms. The van der Waals surface area contributed by atoms with Gasteiger partial charge in [-0.15, -0.1) is 0 Å². The Bertz CT molecular complexity index is 622. The van der Waals surface area contributed by atoms with Crippen LogP contribution in [0.4, 0.5) is 0 Å². The van der Waals surface area contributed by atoms with Crippen LogP contribution in [0.1, 0.15) is 30.0 Å². The van der Waals surface area contributed by atoms with Crippen LogP contribution in [-0.2, 0) is 4.79 Å². The largest absolute Gasteiger partial charge is 0.477 e. The average Bonchev–Trinajstić information content (AvgIpc) is 2.84. The fraction of sp³-hybridized carbons (Fsp3) is 0.250. The number of rotatable bonds is 3. The Morgan fingerprint density at radius 3 is 2.68 bits per heavy atom. The van der Waals surface area contributed by atoms with E-state index in [0.717, 1.165) is 16.8 Å². The summed E-state index contributed by atoms with van der Waals surface area (Å²) in [6, 6.07) is 6.27. The van der Waals surface area contributed by atoms with Crippen LogP contribution in [0.25, 0.3) is 5.57 Å². The molecule has 0 spiro atoms. The average molecular weight is 255 g/mol. The SMILES string of the molecule is C/C=C(/C1=NC(C(=O)O)=CC1)c1cc(C)ccc1C. The monoisotopic (exact) mass is 255 g/mol. The molecule has 0 fully saturated rings. The van der Waals surface area contributed by atoms with Gasteiger partial charge in [0.05, 0.1) is 5.71 Å². The van der Waals surface area contributed by atoms with Crippen LogP contribution in [-0.4, -0.2) is 16.8 Å². The molecule has 3 nitrogen and oxygen atoms in total. The predicted molar refractivity (Wildman–Crippen MR) is 77.3 cm³/mol. The van der Waals surface area contributed by atoms with Gasteiger partial charge in [0.2, 0.25) is 0 Å². The van der Waals surface area contributed by atoms with Gasteiger partial charge in [0.25, 0.3) is 0 Å². The quantitative estimate of drug-likeness (QED) is 0.898. The van der Waals surface area contributed by atoms with E-state index in [1.165, 1.54) is 11.1 Å². The number of carboxylic acid groups (broad SMARTS) is 1. The molecule has 0 radical (unpaired) electrons. The summed E-state index contributed by atoms with van der Waals surface area (Å²) in [6.45, 7) is 6.06. The smallest absolute Gasteiger partial charge is 0.354 e. The predicted octanol–water partition coefficient (Wildman–Crippen LogP) is 3.52. The summed E-state index contributed by atoms with van der Waals surface area (Å²) in [5.74, 6) is -0.966. The van der Waals surface area contributed by atoms with Crippen molar-refractivity contribution < 1.29 is 9.90 Å². The van der Waals surface area contributed by atoms with Gasteiger partial charge in [-0.3, -0.25) is 0 Å². The van der Waals surface area contributed by atoms with Crippen LogP contribution >= 0.6 is 0 Å². The fourth-order valence-electron chi connectivity index (χ4n) is 2.24. The lowest BCUT2D eigenvalue weighted by Crippen LogP contribution is -2.02. The molecule has 0 aliphatic carbocycles. The number of aryl methyl sites for hydroxylation is 2. The molecule has 0 unspecified atom stereocenters. The standard InChI is InChI=1S/C16H17NO2/c1-4-12(13-9-10(2)5-6-11(13)3)14-7-8-15(17-14)16(18)19/h4-6,8-9H,7H2,1-3H3,(H,18,19)/b12-4+. The van der Waals surface area contributed by atoms with Crippen LogP contribution in [0.15, 0.2) is 41.0 Å². The molecule has 0 aromatic heterocycles. The first-order chi connectivity index (χ1) is 9.02. The molecule has 1 aliphatic heterocycles. The highest BCUT2D eigenvalue weighted by molar-refractivity contribution is 6.26. The fourth-order valence-corrected chi connectivity index (χ4v) is 2.24. The van der Waals surface area contributed by atoms with Crippen LogP contribution in [0.5, 0.6) is 0 Å². The number of hydrogen-bond acceptors (Lipinski definition) is 2. The lowest BCUT2D eigenvalue weighted by Gasteiger charge is -2.11. The summed E-state index contributed by atoms with van der Waals surface area (Å²) in [4.78, 5) is 15.1. The molecular weight excluding hydrogens is 238 g/mol. The Morgan fingerprint density at radius 2 is 2.11 bits per heavy atom. The topological polar surface area (TPSA) is 49.7 Å². The maximum Gasteiger partial charge on any atom is 0.354 e. The molecule has 2 rings (SSSR count). The first-order valence-corrected chi connectivity index (χ1v) is 6.28. The van der Waals surface area contributed by atoms with Gasteiger partial charge in [0, 0.05) is 6.42 Å². The molecule has 0 amide bonds. The number of carbonyl (C=O) groups is 1. The van der Waals surface area contributed by atoms with Crippen molar-refractivity contribution in [2.75, 3.05) is 0 Å². The van der Waals surface area contributed by atoms with E-state index in [0.29, 0.717) is 6.42 Å². The van der Waals surface area contributed by atoms with Gasteiger partial charge in [-0.2, -0.15) is 0 Å². The third-order valence-corrected chi connectivity index (χ3v) is 3.25. The van der Waals surface area contributed by atoms with Gasteiger partial charge >= 0.3 is 5.97 Å². The number of nitrogens with zero attached hydrogens (tertiary/aromatic N) is 1. The van der Waals surface area contributed by atoms with E-state index in [4.69, 9.17) is 5.11 Å². The molecule has 0 saturated carbocycles. The zero-order chi connectivity index (χ0) is 14.0. The van der Waals surface area contributed by atoms with Crippen molar-refractivity contribution in [2.24, 2.45) is 4.99 Å². The maximum atomic E-state index is 10.9. The molecule has 3 heteroatoms. The van der Waals surface area contributed by atoms with E-state index in [2.05, 4.69) is 30.1 Å². The first kappa shape index (κ1) is 13.3. The lowest BCUT2D eigenvalue weighted by atomic mass is 9.94. The molecule has 0 saturated heterocycles. The van der Waals surface area contributed by atoms with E-state index in [1.54, 1.807) is 6.08 Å². The summed E-state index contributed by atoms with van der Waals surface area (Å²) in [5.41, 5.74) is 5.47. The van der Waals surface area contributed by atoms with Crippen molar-refractivity contribution in [1.29, 1.82) is 0 Å². The lowest BCUT2D eigenvalue weighted by molar-refractivity contribution is -0.132. The Morgan fingerprint density at radius 1 is 1.37 bits per heavy atom. The van der Waals surface area contributed by atoms with Crippen molar-refractivity contribution in [3.8, 4) is 0 Å². The second-order valence-corrected chi connectivity index (χ2v) is 4.68. The zero-order valence-electron chi connectivity index (χ0n) is 11.4. The van der Waals surface area contributed by atoms with E-state index in [9.17, 15) is 4.79 Å². The van der Waals surface area contributed by atoms with Crippen LogP contribution in [0, 0.1) is 13.8 Å². The highest BCUT2D eigenvalue weighted by Gasteiger charge is 2.18. The Kier molecular flexibility index (Phi) is 3.65. The van der Waals surface area contributed by atoms with Crippen molar-refractivity contribution in [3.05, 3.63) is 52.7 Å². The number of allylic oxidation sites excluding steroid dienone is 3. The number of hydrogen-bond donors (Lipinski definition) is 1. The van der Waals surface area contributed by atoms with Crippen molar-refractivity contribution >= 4 is 17.3 Å². The van der Waals surface area contributed by atoms with Gasteiger partial charge in [-0.1, -0.05) is 29.8 Å². The van der Waals surface area contributed by atoms with Gasteiger partial charge in [0.1, 0.15) is 5.70 Å². The third-order valence-electron chi connectivity index (χ3n) is 3.25. The molecule has 0 atom stereocenters. The Hall–Kier alpha value is -2.16. The van der Waals surface area contributed by atoms with E-state index in [-0.39, 0.29) is 5.70 Å². The molecule has 1 aliphatic rings. The number of aliphatic imine (C=N–C) groups is 1. The second kappa shape index (κ2) is 5.22. The van der Waals surface area contributed by atoms with E-state index in [1.807, 2.05) is 19.9 Å². The van der Waals surface area contributed by atoms with Crippen LogP contribution in [0.2, 0.25) is 0 Å². The zero-order valence-corrected chi connectivity index (χ0v) is 11.4. The second-order valence-electron chi connectivity index (χ2n) is 4.68. The van der Waals surface area contributed by atoms with Gasteiger partial charge < -0.3 is 5.11 Å².